The van der Waals surface area contributed by atoms with Crippen molar-refractivity contribution < 1.29 is 4.79 Å². The highest BCUT2D eigenvalue weighted by Crippen LogP contribution is 2.31. The lowest BCUT2D eigenvalue weighted by Gasteiger charge is -2.06. The molecule has 0 N–H and O–H groups in total. The van der Waals surface area contributed by atoms with E-state index in [4.69, 9.17) is 0 Å². The van der Waals surface area contributed by atoms with Crippen molar-refractivity contribution in [2.75, 3.05) is 0 Å². The van der Waals surface area contributed by atoms with Gasteiger partial charge in [0.1, 0.15) is 5.78 Å². The maximum atomic E-state index is 11.0. The Kier molecular flexibility index (Phi) is 1.90. The molecule has 2 rings (SSSR count). The third-order valence-corrected chi connectivity index (χ3v) is 2.42. The third-order valence-electron chi connectivity index (χ3n) is 2.42. The van der Waals surface area contributed by atoms with Crippen LogP contribution in [0.1, 0.15) is 30.7 Å². The fourth-order valence-electron chi connectivity index (χ4n) is 1.73. The lowest BCUT2D eigenvalue weighted by molar-refractivity contribution is -0.117. The maximum Gasteiger partial charge on any atom is 0.133 e. The number of pyridine rings is 1. The number of nitrogens with zero attached hydrogens (tertiary/aromatic N) is 1. The summed E-state index contributed by atoms with van der Waals surface area (Å²) in [6.07, 6.45) is 6.08. The average molecular weight is 161 g/mol. The first kappa shape index (κ1) is 7.47. The van der Waals surface area contributed by atoms with Gasteiger partial charge in [0.05, 0.1) is 0 Å². The van der Waals surface area contributed by atoms with E-state index in [0.717, 1.165) is 19.3 Å². The molecule has 1 fully saturated rings. The molecule has 1 saturated carbocycles. The third kappa shape index (κ3) is 1.37. The topological polar surface area (TPSA) is 30.0 Å². The molecule has 0 unspecified atom stereocenters. The molecule has 2 heteroatoms. The van der Waals surface area contributed by atoms with E-state index in [9.17, 15) is 4.79 Å². The monoisotopic (exact) mass is 161 g/mol. The number of carbonyl (C=O) groups excluding carboxylic acids is 1. The smallest absolute Gasteiger partial charge is 0.133 e. The Morgan fingerprint density at radius 1 is 1.33 bits per heavy atom. The number of carbonyl (C=O) groups is 1. The summed E-state index contributed by atoms with van der Waals surface area (Å²) in [4.78, 5) is 15.0. The first-order chi connectivity index (χ1) is 5.86. The molecule has 1 aliphatic rings. The van der Waals surface area contributed by atoms with Crippen molar-refractivity contribution in [1.29, 1.82) is 0 Å². The van der Waals surface area contributed by atoms with E-state index in [1.54, 1.807) is 12.4 Å². The SMILES string of the molecule is O=C1CC[C@H](c2ccncc2)C1. The number of hydrogen-bond acceptors (Lipinski definition) is 2. The van der Waals surface area contributed by atoms with Gasteiger partial charge in [-0.25, -0.2) is 0 Å². The molecule has 1 aliphatic carbocycles. The van der Waals surface area contributed by atoms with Crippen molar-refractivity contribution in [3.05, 3.63) is 30.1 Å². The van der Waals surface area contributed by atoms with Crippen LogP contribution in [-0.2, 0) is 4.79 Å². The summed E-state index contributed by atoms with van der Waals surface area (Å²) < 4.78 is 0. The quantitative estimate of drug-likeness (QED) is 0.629. The zero-order chi connectivity index (χ0) is 8.39. The Labute approximate surface area is 71.6 Å². The van der Waals surface area contributed by atoms with Crippen LogP contribution in [0, 0.1) is 0 Å². The number of Topliss-reactive ketones (excluding diaryl/α,β-unsaturated/α-hetero) is 1. The van der Waals surface area contributed by atoms with E-state index >= 15 is 0 Å². The summed E-state index contributed by atoms with van der Waals surface area (Å²) in [5.41, 5.74) is 1.26. The summed E-state index contributed by atoms with van der Waals surface area (Å²) in [7, 11) is 0. The second-order valence-corrected chi connectivity index (χ2v) is 3.26. The molecule has 0 aliphatic heterocycles. The molecule has 12 heavy (non-hydrogen) atoms. The van der Waals surface area contributed by atoms with E-state index in [1.807, 2.05) is 12.1 Å². The van der Waals surface area contributed by atoms with Crippen LogP contribution in [0.4, 0.5) is 0 Å². The molecule has 1 atom stereocenters. The molecule has 0 radical (unpaired) electrons. The molecule has 62 valence electrons. The molecule has 0 bridgehead atoms. The van der Waals surface area contributed by atoms with E-state index in [0.29, 0.717) is 11.7 Å². The maximum absolute atomic E-state index is 11.0. The van der Waals surface area contributed by atoms with Gasteiger partial charge in [0, 0.05) is 25.2 Å². The fraction of sp³-hybridized carbons (Fsp3) is 0.400. The second kappa shape index (κ2) is 3.05. The minimum atomic E-state index is 0.400. The first-order valence-corrected chi connectivity index (χ1v) is 4.28. The van der Waals surface area contributed by atoms with Crippen LogP contribution in [0.5, 0.6) is 0 Å². The normalized spacial score (nSPS) is 23.0. The molecule has 1 aromatic rings. The van der Waals surface area contributed by atoms with Gasteiger partial charge in [0.2, 0.25) is 0 Å². The van der Waals surface area contributed by atoms with Crippen molar-refractivity contribution in [1.82, 2.24) is 4.98 Å². The second-order valence-electron chi connectivity index (χ2n) is 3.26. The predicted molar refractivity (Wildman–Crippen MR) is 45.8 cm³/mol. The van der Waals surface area contributed by atoms with Gasteiger partial charge in [-0.15, -0.1) is 0 Å². The lowest BCUT2D eigenvalue weighted by Crippen LogP contribution is -1.93. The summed E-state index contributed by atoms with van der Waals surface area (Å²) in [5, 5.41) is 0. The van der Waals surface area contributed by atoms with Crippen molar-refractivity contribution in [2.24, 2.45) is 0 Å². The van der Waals surface area contributed by atoms with Gasteiger partial charge in [0.15, 0.2) is 0 Å². The molecule has 2 nitrogen and oxygen atoms in total. The number of aromatic nitrogens is 1. The van der Waals surface area contributed by atoms with E-state index in [2.05, 4.69) is 4.98 Å². The molecule has 0 spiro atoms. The van der Waals surface area contributed by atoms with Gasteiger partial charge in [-0.05, 0) is 30.0 Å². The first-order valence-electron chi connectivity index (χ1n) is 4.28. The Morgan fingerprint density at radius 3 is 2.67 bits per heavy atom. The summed E-state index contributed by atoms with van der Waals surface area (Å²) in [6.45, 7) is 0. The standard InChI is InChI=1S/C10H11NO/c12-10-2-1-9(7-10)8-3-5-11-6-4-8/h3-6,9H,1-2,7H2/t9-/m0/s1. The van der Waals surface area contributed by atoms with Gasteiger partial charge in [-0.2, -0.15) is 0 Å². The Hall–Kier alpha value is -1.18. The minimum Gasteiger partial charge on any atom is -0.300 e. The van der Waals surface area contributed by atoms with E-state index < -0.39 is 0 Å². The van der Waals surface area contributed by atoms with Crippen LogP contribution in [0.3, 0.4) is 0 Å². The van der Waals surface area contributed by atoms with Crippen LogP contribution in [0.2, 0.25) is 0 Å². The van der Waals surface area contributed by atoms with Crippen molar-refractivity contribution in [3.63, 3.8) is 0 Å². The molecule has 1 heterocycles. The summed E-state index contributed by atoms with van der Waals surface area (Å²) in [5.74, 6) is 0.859. The molecule has 0 amide bonds. The van der Waals surface area contributed by atoms with Crippen LogP contribution in [-0.4, -0.2) is 10.8 Å². The number of hydrogen-bond donors (Lipinski definition) is 0. The van der Waals surface area contributed by atoms with E-state index in [1.165, 1.54) is 5.56 Å². The molecule has 0 saturated heterocycles. The fourth-order valence-corrected chi connectivity index (χ4v) is 1.73. The highest BCUT2D eigenvalue weighted by Gasteiger charge is 2.22. The highest BCUT2D eigenvalue weighted by atomic mass is 16.1. The van der Waals surface area contributed by atoms with Gasteiger partial charge < -0.3 is 0 Å². The van der Waals surface area contributed by atoms with Gasteiger partial charge >= 0.3 is 0 Å². The number of ketones is 1. The Bertz CT molecular complexity index is 281. The van der Waals surface area contributed by atoms with Crippen LogP contribution in [0.15, 0.2) is 24.5 Å². The predicted octanol–water partition coefficient (Wildman–Crippen LogP) is 1.92. The number of rotatable bonds is 1. The lowest BCUT2D eigenvalue weighted by atomic mass is 9.99. The highest BCUT2D eigenvalue weighted by molar-refractivity contribution is 5.81. The van der Waals surface area contributed by atoms with Crippen molar-refractivity contribution in [3.8, 4) is 0 Å². The van der Waals surface area contributed by atoms with Gasteiger partial charge in [-0.1, -0.05) is 0 Å². The molecular weight excluding hydrogens is 150 g/mol. The Morgan fingerprint density at radius 2 is 2.08 bits per heavy atom. The summed E-state index contributed by atoms with van der Waals surface area (Å²) in [6, 6.07) is 4.01. The van der Waals surface area contributed by atoms with Crippen molar-refractivity contribution >= 4 is 5.78 Å². The molecular formula is C10H11NO. The van der Waals surface area contributed by atoms with Gasteiger partial charge in [0.25, 0.3) is 0 Å². The molecule has 1 aromatic heterocycles. The van der Waals surface area contributed by atoms with E-state index in [-0.39, 0.29) is 0 Å². The minimum absolute atomic E-state index is 0.400. The van der Waals surface area contributed by atoms with Gasteiger partial charge in [-0.3, -0.25) is 9.78 Å². The molecule has 0 aromatic carbocycles. The van der Waals surface area contributed by atoms with Crippen LogP contribution >= 0.6 is 0 Å². The summed E-state index contributed by atoms with van der Waals surface area (Å²) >= 11 is 0. The Balaban J connectivity index is 2.16. The van der Waals surface area contributed by atoms with Crippen LogP contribution < -0.4 is 0 Å². The zero-order valence-corrected chi connectivity index (χ0v) is 6.86. The average Bonchev–Trinajstić information content (AvgIpc) is 2.54. The van der Waals surface area contributed by atoms with Crippen LogP contribution in [0.25, 0.3) is 0 Å². The zero-order valence-electron chi connectivity index (χ0n) is 6.86. The van der Waals surface area contributed by atoms with Crippen molar-refractivity contribution in [2.45, 2.75) is 25.2 Å². The largest absolute Gasteiger partial charge is 0.300 e.